The summed E-state index contributed by atoms with van der Waals surface area (Å²) >= 11 is 0. The van der Waals surface area contributed by atoms with Gasteiger partial charge in [0.15, 0.2) is 6.61 Å². The highest BCUT2D eigenvalue weighted by Crippen LogP contribution is 2.19. The number of aryl methyl sites for hydroxylation is 1. The minimum absolute atomic E-state index is 0.0156. The molecule has 1 atom stereocenters. The Morgan fingerprint density at radius 2 is 1.93 bits per heavy atom. The molecule has 0 N–H and O–H groups in total. The number of amides is 1. The van der Waals surface area contributed by atoms with Gasteiger partial charge >= 0.3 is 11.9 Å². The SMILES string of the molecule is CCOC(=O)C1CCCCN1C(=O)COC(=O)Cn1c(CC)nc2ccccc21. The molecular weight excluding hydrogens is 374 g/mol. The molecule has 0 saturated carbocycles. The normalized spacial score (nSPS) is 16.6. The van der Waals surface area contributed by atoms with Crippen molar-refractivity contribution in [3.05, 3.63) is 30.1 Å². The Morgan fingerprint density at radius 1 is 1.14 bits per heavy atom. The third-order valence-electron chi connectivity index (χ3n) is 5.08. The predicted molar refractivity (Wildman–Crippen MR) is 106 cm³/mol. The molecule has 0 radical (unpaired) electrons. The number of para-hydroxylation sites is 2. The standard InChI is InChI=1S/C21H27N3O5/c1-3-18-22-15-9-5-6-10-16(15)24(18)13-20(26)29-14-19(25)23-12-8-7-11-17(23)21(27)28-4-2/h5-6,9-10,17H,3-4,7-8,11-14H2,1-2H3. The molecule has 0 bridgehead atoms. The van der Waals surface area contributed by atoms with Gasteiger partial charge in [0.1, 0.15) is 18.4 Å². The molecule has 2 aromatic rings. The van der Waals surface area contributed by atoms with E-state index in [-0.39, 0.29) is 25.7 Å². The number of hydrogen-bond acceptors (Lipinski definition) is 6. The third kappa shape index (κ3) is 4.75. The van der Waals surface area contributed by atoms with Gasteiger partial charge in [-0.05, 0) is 38.3 Å². The van der Waals surface area contributed by atoms with Crippen LogP contribution >= 0.6 is 0 Å². The van der Waals surface area contributed by atoms with E-state index in [2.05, 4.69) is 4.98 Å². The van der Waals surface area contributed by atoms with Gasteiger partial charge in [-0.1, -0.05) is 19.1 Å². The molecule has 1 saturated heterocycles. The molecule has 1 aliphatic heterocycles. The first-order valence-electron chi connectivity index (χ1n) is 10.1. The van der Waals surface area contributed by atoms with E-state index in [1.165, 1.54) is 4.90 Å². The summed E-state index contributed by atoms with van der Waals surface area (Å²) in [6.07, 6.45) is 2.92. The van der Waals surface area contributed by atoms with Crippen molar-refractivity contribution in [2.75, 3.05) is 19.8 Å². The van der Waals surface area contributed by atoms with Crippen LogP contribution in [0.3, 0.4) is 0 Å². The first-order valence-corrected chi connectivity index (χ1v) is 10.1. The Balaban J connectivity index is 1.62. The molecule has 3 rings (SSSR count). The molecule has 8 nitrogen and oxygen atoms in total. The van der Waals surface area contributed by atoms with E-state index < -0.39 is 18.0 Å². The largest absolute Gasteiger partial charge is 0.464 e. The summed E-state index contributed by atoms with van der Waals surface area (Å²) in [7, 11) is 0. The summed E-state index contributed by atoms with van der Waals surface area (Å²) in [6.45, 7) is 4.04. The number of esters is 2. The topological polar surface area (TPSA) is 90.7 Å². The number of ether oxygens (including phenoxy) is 2. The van der Waals surface area contributed by atoms with Crippen molar-refractivity contribution in [2.45, 2.75) is 52.1 Å². The zero-order valence-electron chi connectivity index (χ0n) is 16.9. The molecule has 2 heterocycles. The molecule has 1 unspecified atom stereocenters. The van der Waals surface area contributed by atoms with E-state index in [0.717, 1.165) is 29.7 Å². The summed E-state index contributed by atoms with van der Waals surface area (Å²) in [5.41, 5.74) is 1.67. The average Bonchev–Trinajstić information content (AvgIpc) is 3.09. The summed E-state index contributed by atoms with van der Waals surface area (Å²) in [4.78, 5) is 43.1. The van der Waals surface area contributed by atoms with Crippen molar-refractivity contribution in [2.24, 2.45) is 0 Å². The molecule has 1 fully saturated rings. The van der Waals surface area contributed by atoms with E-state index in [1.54, 1.807) is 6.92 Å². The van der Waals surface area contributed by atoms with Gasteiger partial charge in [-0.25, -0.2) is 9.78 Å². The van der Waals surface area contributed by atoms with Gasteiger partial charge < -0.3 is 18.9 Å². The summed E-state index contributed by atoms with van der Waals surface area (Å²) in [5, 5.41) is 0. The minimum atomic E-state index is -0.598. The molecule has 29 heavy (non-hydrogen) atoms. The summed E-state index contributed by atoms with van der Waals surface area (Å²) < 4.78 is 12.1. The van der Waals surface area contributed by atoms with Gasteiger partial charge in [0.05, 0.1) is 17.6 Å². The van der Waals surface area contributed by atoms with Gasteiger partial charge in [-0.2, -0.15) is 0 Å². The van der Waals surface area contributed by atoms with E-state index in [1.807, 2.05) is 35.8 Å². The second-order valence-electron chi connectivity index (χ2n) is 6.97. The molecule has 1 aromatic carbocycles. The summed E-state index contributed by atoms with van der Waals surface area (Å²) in [6, 6.07) is 6.98. The Hall–Kier alpha value is -2.90. The first-order chi connectivity index (χ1) is 14.0. The lowest BCUT2D eigenvalue weighted by Crippen LogP contribution is -2.50. The molecule has 8 heteroatoms. The highest BCUT2D eigenvalue weighted by Gasteiger charge is 2.33. The van der Waals surface area contributed by atoms with Crippen LogP contribution in [0.25, 0.3) is 11.0 Å². The maximum absolute atomic E-state index is 12.6. The van der Waals surface area contributed by atoms with Crippen LogP contribution in [0.4, 0.5) is 0 Å². The van der Waals surface area contributed by atoms with Crippen LogP contribution in [0, 0.1) is 0 Å². The van der Waals surface area contributed by atoms with Crippen LogP contribution in [0.1, 0.15) is 38.9 Å². The third-order valence-corrected chi connectivity index (χ3v) is 5.08. The smallest absolute Gasteiger partial charge is 0.328 e. The number of hydrogen-bond donors (Lipinski definition) is 0. The zero-order chi connectivity index (χ0) is 20.8. The number of nitrogens with zero attached hydrogens (tertiary/aromatic N) is 3. The number of carbonyl (C=O) groups is 3. The van der Waals surface area contributed by atoms with Gasteiger partial charge in [-0.15, -0.1) is 0 Å². The number of benzene rings is 1. The molecule has 156 valence electrons. The van der Waals surface area contributed by atoms with Gasteiger partial charge in [0, 0.05) is 13.0 Å². The molecule has 0 spiro atoms. The van der Waals surface area contributed by atoms with Gasteiger partial charge in [-0.3, -0.25) is 9.59 Å². The van der Waals surface area contributed by atoms with Crippen LogP contribution in [0.15, 0.2) is 24.3 Å². The van der Waals surface area contributed by atoms with Crippen molar-refractivity contribution in [3.8, 4) is 0 Å². The zero-order valence-corrected chi connectivity index (χ0v) is 16.9. The van der Waals surface area contributed by atoms with Gasteiger partial charge in [0.2, 0.25) is 0 Å². The molecule has 1 amide bonds. The lowest BCUT2D eigenvalue weighted by Gasteiger charge is -2.33. The maximum atomic E-state index is 12.6. The Morgan fingerprint density at radius 3 is 2.69 bits per heavy atom. The van der Waals surface area contributed by atoms with Crippen molar-refractivity contribution in [3.63, 3.8) is 0 Å². The number of aromatic nitrogens is 2. The quantitative estimate of drug-likeness (QED) is 0.660. The van der Waals surface area contributed by atoms with Crippen LogP contribution in [0.5, 0.6) is 0 Å². The van der Waals surface area contributed by atoms with Crippen LogP contribution in [-0.4, -0.2) is 58.1 Å². The minimum Gasteiger partial charge on any atom is -0.464 e. The lowest BCUT2D eigenvalue weighted by molar-refractivity contribution is -0.161. The monoisotopic (exact) mass is 401 g/mol. The highest BCUT2D eigenvalue weighted by molar-refractivity contribution is 5.87. The molecular formula is C21H27N3O5. The Labute approximate surface area is 169 Å². The fraction of sp³-hybridized carbons (Fsp3) is 0.524. The Kier molecular flexibility index (Phi) is 6.85. The van der Waals surface area contributed by atoms with Crippen molar-refractivity contribution in [1.29, 1.82) is 0 Å². The van der Waals surface area contributed by atoms with E-state index in [9.17, 15) is 14.4 Å². The number of rotatable bonds is 7. The van der Waals surface area contributed by atoms with Crippen LogP contribution in [-0.2, 0) is 36.8 Å². The van der Waals surface area contributed by atoms with E-state index in [0.29, 0.717) is 19.4 Å². The van der Waals surface area contributed by atoms with Gasteiger partial charge in [0.25, 0.3) is 5.91 Å². The number of imidazole rings is 1. The number of carbonyl (C=O) groups excluding carboxylic acids is 3. The maximum Gasteiger partial charge on any atom is 0.328 e. The van der Waals surface area contributed by atoms with Crippen molar-refractivity contribution < 1.29 is 23.9 Å². The first kappa shape index (κ1) is 20.8. The average molecular weight is 401 g/mol. The van der Waals surface area contributed by atoms with Crippen molar-refractivity contribution >= 4 is 28.9 Å². The predicted octanol–water partition coefficient (Wildman–Crippen LogP) is 2.09. The number of likely N-dealkylation sites (tertiary alicyclic amines) is 1. The number of fused-ring (bicyclic) bond motifs is 1. The molecule has 0 aliphatic carbocycles. The lowest BCUT2D eigenvalue weighted by atomic mass is 10.0. The molecule has 1 aliphatic rings. The van der Waals surface area contributed by atoms with E-state index >= 15 is 0 Å². The highest BCUT2D eigenvalue weighted by atomic mass is 16.5. The fourth-order valence-corrected chi connectivity index (χ4v) is 3.69. The van der Waals surface area contributed by atoms with Crippen LogP contribution in [0.2, 0.25) is 0 Å². The fourth-order valence-electron chi connectivity index (χ4n) is 3.69. The van der Waals surface area contributed by atoms with Crippen LogP contribution < -0.4 is 0 Å². The van der Waals surface area contributed by atoms with E-state index in [4.69, 9.17) is 9.47 Å². The summed E-state index contributed by atoms with van der Waals surface area (Å²) in [5.74, 6) is -0.500. The van der Waals surface area contributed by atoms with Crippen molar-refractivity contribution in [1.82, 2.24) is 14.5 Å². The number of piperidine rings is 1. The second-order valence-corrected chi connectivity index (χ2v) is 6.97. The Bertz CT molecular complexity index is 892. The molecule has 1 aromatic heterocycles. The second kappa shape index (κ2) is 9.54.